The average molecular weight is 326 g/mol. The van der Waals surface area contributed by atoms with E-state index in [0.29, 0.717) is 5.92 Å². The van der Waals surface area contributed by atoms with E-state index in [1.807, 2.05) is 9.36 Å². The van der Waals surface area contributed by atoms with Crippen LogP contribution in [-0.4, -0.2) is 19.6 Å². The maximum Gasteiger partial charge on any atom is 0.0762 e. The SMILES string of the molecule is CCCn1cc(CNCc2ccn(CC(C)C)n2)c(C)n1.Cl. The number of hydrogen-bond donors (Lipinski definition) is 1. The van der Waals surface area contributed by atoms with Gasteiger partial charge >= 0.3 is 0 Å². The van der Waals surface area contributed by atoms with Crippen LogP contribution in [0.4, 0.5) is 0 Å². The number of nitrogens with zero attached hydrogens (tertiary/aromatic N) is 4. The molecular formula is C16H28ClN5. The molecule has 5 nitrogen and oxygen atoms in total. The summed E-state index contributed by atoms with van der Waals surface area (Å²) in [6.07, 6.45) is 5.31. The molecule has 124 valence electrons. The molecule has 6 heteroatoms. The summed E-state index contributed by atoms with van der Waals surface area (Å²) in [5.74, 6) is 0.623. The van der Waals surface area contributed by atoms with Crippen molar-refractivity contribution >= 4 is 12.4 Å². The van der Waals surface area contributed by atoms with Crippen molar-refractivity contribution in [1.29, 1.82) is 0 Å². The standard InChI is InChI=1S/C16H27N5.ClH/c1-5-7-20-12-15(14(4)18-20)9-17-10-16-6-8-21(19-16)11-13(2)3;/h6,8,12-13,17H,5,7,9-11H2,1-4H3;1H. The Kier molecular flexibility index (Phi) is 7.62. The summed E-state index contributed by atoms with van der Waals surface area (Å²) < 4.78 is 4.05. The van der Waals surface area contributed by atoms with Gasteiger partial charge in [-0.25, -0.2) is 0 Å². The topological polar surface area (TPSA) is 47.7 Å². The molecule has 22 heavy (non-hydrogen) atoms. The fourth-order valence-electron chi connectivity index (χ4n) is 2.38. The molecule has 2 aromatic rings. The number of hydrogen-bond acceptors (Lipinski definition) is 3. The Balaban J connectivity index is 0.00000242. The Morgan fingerprint density at radius 2 is 1.95 bits per heavy atom. The lowest BCUT2D eigenvalue weighted by atomic mass is 10.2. The number of nitrogens with one attached hydrogen (secondary N) is 1. The Morgan fingerprint density at radius 1 is 1.18 bits per heavy atom. The van der Waals surface area contributed by atoms with Crippen LogP contribution in [0.5, 0.6) is 0 Å². The van der Waals surface area contributed by atoms with Gasteiger partial charge in [-0.1, -0.05) is 20.8 Å². The minimum absolute atomic E-state index is 0. The number of rotatable bonds is 8. The first-order valence-corrected chi connectivity index (χ1v) is 7.84. The molecule has 0 atom stereocenters. The van der Waals surface area contributed by atoms with Crippen molar-refractivity contribution in [3.8, 4) is 0 Å². The molecule has 2 heterocycles. The maximum absolute atomic E-state index is 4.57. The van der Waals surface area contributed by atoms with Gasteiger partial charge in [0.1, 0.15) is 0 Å². The van der Waals surface area contributed by atoms with Crippen LogP contribution in [0.2, 0.25) is 0 Å². The van der Waals surface area contributed by atoms with Crippen LogP contribution in [0.1, 0.15) is 44.1 Å². The largest absolute Gasteiger partial charge is 0.307 e. The molecule has 0 saturated heterocycles. The van der Waals surface area contributed by atoms with Gasteiger partial charge in [-0.05, 0) is 25.3 Å². The van der Waals surface area contributed by atoms with Gasteiger partial charge in [-0.3, -0.25) is 9.36 Å². The fourth-order valence-corrected chi connectivity index (χ4v) is 2.38. The van der Waals surface area contributed by atoms with Crippen molar-refractivity contribution in [2.75, 3.05) is 0 Å². The molecule has 0 aromatic carbocycles. The third kappa shape index (κ3) is 5.46. The van der Waals surface area contributed by atoms with Crippen LogP contribution in [-0.2, 0) is 26.2 Å². The van der Waals surface area contributed by atoms with Crippen LogP contribution < -0.4 is 5.32 Å². The van der Waals surface area contributed by atoms with Gasteiger partial charge in [0.15, 0.2) is 0 Å². The Hall–Kier alpha value is -1.33. The fraction of sp³-hybridized carbons (Fsp3) is 0.625. The van der Waals surface area contributed by atoms with E-state index >= 15 is 0 Å². The highest BCUT2D eigenvalue weighted by molar-refractivity contribution is 5.85. The molecule has 1 N–H and O–H groups in total. The third-order valence-corrected chi connectivity index (χ3v) is 3.37. The van der Waals surface area contributed by atoms with Crippen molar-refractivity contribution in [1.82, 2.24) is 24.9 Å². The normalized spacial score (nSPS) is 11.0. The van der Waals surface area contributed by atoms with Gasteiger partial charge in [-0.2, -0.15) is 10.2 Å². The van der Waals surface area contributed by atoms with Gasteiger partial charge < -0.3 is 5.32 Å². The van der Waals surface area contributed by atoms with E-state index in [2.05, 4.69) is 61.7 Å². The van der Waals surface area contributed by atoms with E-state index in [0.717, 1.165) is 44.0 Å². The predicted octanol–water partition coefficient (Wildman–Crippen LogP) is 3.17. The molecule has 0 bridgehead atoms. The highest BCUT2D eigenvalue weighted by Crippen LogP contribution is 2.07. The summed E-state index contributed by atoms with van der Waals surface area (Å²) in [5, 5.41) is 12.5. The van der Waals surface area contributed by atoms with E-state index in [1.165, 1.54) is 5.56 Å². The maximum atomic E-state index is 4.57. The highest BCUT2D eigenvalue weighted by atomic mass is 35.5. The molecule has 2 rings (SSSR count). The van der Waals surface area contributed by atoms with E-state index in [9.17, 15) is 0 Å². The number of halogens is 1. The molecule has 0 aliphatic carbocycles. The van der Waals surface area contributed by atoms with Crippen molar-refractivity contribution in [3.05, 3.63) is 35.4 Å². The predicted molar refractivity (Wildman–Crippen MR) is 92.1 cm³/mol. The molecule has 0 aliphatic rings. The van der Waals surface area contributed by atoms with Crippen LogP contribution in [0.15, 0.2) is 18.5 Å². The summed E-state index contributed by atoms with van der Waals surface area (Å²) in [5.41, 5.74) is 3.47. The molecular weight excluding hydrogens is 298 g/mol. The average Bonchev–Trinajstić information content (AvgIpc) is 2.97. The van der Waals surface area contributed by atoms with Crippen molar-refractivity contribution < 1.29 is 0 Å². The second kappa shape index (κ2) is 8.96. The Morgan fingerprint density at radius 3 is 2.64 bits per heavy atom. The molecule has 0 radical (unpaired) electrons. The second-order valence-corrected chi connectivity index (χ2v) is 6.03. The first kappa shape index (κ1) is 18.7. The van der Waals surface area contributed by atoms with Crippen molar-refractivity contribution in [3.63, 3.8) is 0 Å². The van der Waals surface area contributed by atoms with E-state index in [4.69, 9.17) is 0 Å². The smallest absolute Gasteiger partial charge is 0.0762 e. The number of aryl methyl sites for hydroxylation is 2. The second-order valence-electron chi connectivity index (χ2n) is 6.03. The zero-order chi connectivity index (χ0) is 15.2. The zero-order valence-corrected chi connectivity index (χ0v) is 14.9. The summed E-state index contributed by atoms with van der Waals surface area (Å²) in [6, 6.07) is 2.09. The lowest BCUT2D eigenvalue weighted by Crippen LogP contribution is -2.14. The van der Waals surface area contributed by atoms with Crippen LogP contribution in [0, 0.1) is 12.8 Å². The lowest BCUT2D eigenvalue weighted by Gasteiger charge is -2.04. The van der Waals surface area contributed by atoms with E-state index in [-0.39, 0.29) is 12.4 Å². The third-order valence-electron chi connectivity index (χ3n) is 3.37. The van der Waals surface area contributed by atoms with Gasteiger partial charge in [0.05, 0.1) is 11.4 Å². The molecule has 0 amide bonds. The van der Waals surface area contributed by atoms with Gasteiger partial charge in [0, 0.05) is 44.1 Å². The summed E-state index contributed by atoms with van der Waals surface area (Å²) in [4.78, 5) is 0. The van der Waals surface area contributed by atoms with E-state index < -0.39 is 0 Å². The molecule has 0 spiro atoms. The highest BCUT2D eigenvalue weighted by Gasteiger charge is 2.05. The van der Waals surface area contributed by atoms with Gasteiger partial charge in [0.25, 0.3) is 0 Å². The van der Waals surface area contributed by atoms with Gasteiger partial charge in [-0.15, -0.1) is 12.4 Å². The Labute approximate surface area is 139 Å². The minimum atomic E-state index is 0. The van der Waals surface area contributed by atoms with Crippen LogP contribution in [0.3, 0.4) is 0 Å². The molecule has 0 fully saturated rings. The first-order valence-electron chi connectivity index (χ1n) is 7.84. The molecule has 0 unspecified atom stereocenters. The quantitative estimate of drug-likeness (QED) is 0.811. The van der Waals surface area contributed by atoms with Gasteiger partial charge in [0.2, 0.25) is 0 Å². The monoisotopic (exact) mass is 325 g/mol. The zero-order valence-electron chi connectivity index (χ0n) is 14.0. The van der Waals surface area contributed by atoms with Crippen LogP contribution >= 0.6 is 12.4 Å². The summed E-state index contributed by atoms with van der Waals surface area (Å²) >= 11 is 0. The summed E-state index contributed by atoms with van der Waals surface area (Å²) in [7, 11) is 0. The summed E-state index contributed by atoms with van der Waals surface area (Å²) in [6.45, 7) is 12.2. The molecule has 2 aromatic heterocycles. The number of aromatic nitrogens is 4. The van der Waals surface area contributed by atoms with Crippen LogP contribution in [0.25, 0.3) is 0 Å². The first-order chi connectivity index (χ1) is 10.1. The molecule has 0 saturated carbocycles. The van der Waals surface area contributed by atoms with Crippen molar-refractivity contribution in [2.45, 2.75) is 60.3 Å². The lowest BCUT2D eigenvalue weighted by molar-refractivity contribution is 0.477. The van der Waals surface area contributed by atoms with Crippen molar-refractivity contribution in [2.24, 2.45) is 5.92 Å². The minimum Gasteiger partial charge on any atom is -0.307 e. The Bertz CT molecular complexity index is 559. The molecule has 0 aliphatic heterocycles. The van der Waals surface area contributed by atoms with E-state index in [1.54, 1.807) is 0 Å².